The molecule has 1 aliphatic rings. The van der Waals surface area contributed by atoms with Crippen molar-refractivity contribution in [1.29, 1.82) is 0 Å². The molecule has 0 saturated carbocycles. The quantitative estimate of drug-likeness (QED) is 0.875. The topological polar surface area (TPSA) is 55.4 Å². The SMILES string of the molecule is CCOC1=CC(=O)C(CC(=O)NCc2ccccc2)CC1. The van der Waals surface area contributed by atoms with Crippen LogP contribution < -0.4 is 5.32 Å². The lowest BCUT2D eigenvalue weighted by Gasteiger charge is -2.20. The minimum absolute atomic E-state index is 0.000406. The Bertz CT molecular complexity index is 522. The number of ether oxygens (including phenoxy) is 1. The van der Waals surface area contributed by atoms with Crippen molar-refractivity contribution in [3.05, 3.63) is 47.7 Å². The zero-order valence-electron chi connectivity index (χ0n) is 12.3. The van der Waals surface area contributed by atoms with Crippen molar-refractivity contribution in [3.63, 3.8) is 0 Å². The molecule has 1 atom stereocenters. The number of hydrogen-bond acceptors (Lipinski definition) is 3. The number of ketones is 1. The van der Waals surface area contributed by atoms with E-state index in [1.54, 1.807) is 6.08 Å². The van der Waals surface area contributed by atoms with Crippen molar-refractivity contribution >= 4 is 11.7 Å². The maximum absolute atomic E-state index is 12.0. The molecule has 0 radical (unpaired) electrons. The summed E-state index contributed by atoms with van der Waals surface area (Å²) in [4.78, 5) is 23.9. The van der Waals surface area contributed by atoms with Gasteiger partial charge in [0.2, 0.25) is 5.91 Å². The van der Waals surface area contributed by atoms with Crippen LogP contribution in [-0.2, 0) is 20.9 Å². The molecule has 0 aromatic heterocycles. The largest absolute Gasteiger partial charge is 0.498 e. The van der Waals surface area contributed by atoms with Crippen molar-refractivity contribution in [2.75, 3.05) is 6.61 Å². The van der Waals surface area contributed by atoms with E-state index in [-0.39, 0.29) is 24.0 Å². The van der Waals surface area contributed by atoms with E-state index in [4.69, 9.17) is 4.74 Å². The number of nitrogens with one attached hydrogen (secondary N) is 1. The highest BCUT2D eigenvalue weighted by Gasteiger charge is 2.25. The smallest absolute Gasteiger partial charge is 0.221 e. The minimum Gasteiger partial charge on any atom is -0.498 e. The van der Waals surface area contributed by atoms with Crippen LogP contribution in [0.4, 0.5) is 0 Å². The first-order chi connectivity index (χ1) is 10.2. The first-order valence-corrected chi connectivity index (χ1v) is 7.37. The van der Waals surface area contributed by atoms with Crippen LogP contribution in [0.1, 0.15) is 31.7 Å². The summed E-state index contributed by atoms with van der Waals surface area (Å²) >= 11 is 0. The normalized spacial score (nSPS) is 18.0. The zero-order valence-corrected chi connectivity index (χ0v) is 12.3. The van der Waals surface area contributed by atoms with Gasteiger partial charge in [-0.1, -0.05) is 30.3 Å². The second-order valence-corrected chi connectivity index (χ2v) is 5.15. The molecule has 1 N–H and O–H groups in total. The summed E-state index contributed by atoms with van der Waals surface area (Å²) in [6.07, 6.45) is 3.21. The van der Waals surface area contributed by atoms with Gasteiger partial charge in [0, 0.05) is 31.4 Å². The van der Waals surface area contributed by atoms with Gasteiger partial charge in [-0.2, -0.15) is 0 Å². The lowest BCUT2D eigenvalue weighted by molar-refractivity contribution is -0.127. The van der Waals surface area contributed by atoms with Gasteiger partial charge in [-0.25, -0.2) is 0 Å². The van der Waals surface area contributed by atoms with Gasteiger partial charge in [-0.15, -0.1) is 0 Å². The highest BCUT2D eigenvalue weighted by Crippen LogP contribution is 2.24. The number of benzene rings is 1. The van der Waals surface area contributed by atoms with Gasteiger partial charge in [0.1, 0.15) is 0 Å². The number of allylic oxidation sites excluding steroid dienone is 2. The molecule has 4 heteroatoms. The molecule has 0 heterocycles. The molecule has 21 heavy (non-hydrogen) atoms. The van der Waals surface area contributed by atoms with E-state index >= 15 is 0 Å². The van der Waals surface area contributed by atoms with Crippen molar-refractivity contribution < 1.29 is 14.3 Å². The van der Waals surface area contributed by atoms with E-state index in [1.165, 1.54) is 0 Å². The van der Waals surface area contributed by atoms with Crippen LogP contribution in [0.3, 0.4) is 0 Å². The molecule has 0 aliphatic heterocycles. The van der Waals surface area contributed by atoms with Gasteiger partial charge in [-0.3, -0.25) is 9.59 Å². The van der Waals surface area contributed by atoms with Crippen molar-refractivity contribution in [2.45, 2.75) is 32.7 Å². The molecule has 2 rings (SSSR count). The van der Waals surface area contributed by atoms with E-state index in [0.29, 0.717) is 19.6 Å². The molecule has 1 amide bonds. The van der Waals surface area contributed by atoms with E-state index in [1.807, 2.05) is 37.3 Å². The Balaban J connectivity index is 1.79. The molecule has 0 spiro atoms. The fraction of sp³-hybridized carbons (Fsp3) is 0.412. The van der Waals surface area contributed by atoms with Gasteiger partial charge in [-0.05, 0) is 18.9 Å². The summed E-state index contributed by atoms with van der Waals surface area (Å²) in [7, 11) is 0. The predicted octanol–water partition coefficient (Wildman–Crippen LogP) is 2.59. The van der Waals surface area contributed by atoms with Crippen LogP contribution in [0, 0.1) is 5.92 Å². The molecule has 0 fully saturated rings. The van der Waals surface area contributed by atoms with E-state index in [0.717, 1.165) is 17.7 Å². The molecule has 112 valence electrons. The molecule has 0 saturated heterocycles. The average Bonchev–Trinajstić information content (AvgIpc) is 2.49. The highest BCUT2D eigenvalue weighted by molar-refractivity contribution is 5.95. The number of carbonyl (C=O) groups is 2. The third kappa shape index (κ3) is 4.74. The van der Waals surface area contributed by atoms with Gasteiger partial charge >= 0.3 is 0 Å². The van der Waals surface area contributed by atoms with Crippen LogP contribution >= 0.6 is 0 Å². The van der Waals surface area contributed by atoms with Gasteiger partial charge < -0.3 is 10.1 Å². The molecule has 0 bridgehead atoms. The Morgan fingerprint density at radius 2 is 2.10 bits per heavy atom. The summed E-state index contributed by atoms with van der Waals surface area (Å²) in [6, 6.07) is 9.74. The van der Waals surface area contributed by atoms with Crippen molar-refractivity contribution in [1.82, 2.24) is 5.32 Å². The second-order valence-electron chi connectivity index (χ2n) is 5.15. The van der Waals surface area contributed by atoms with E-state index < -0.39 is 0 Å². The Morgan fingerprint density at radius 1 is 1.33 bits per heavy atom. The second kappa shape index (κ2) is 7.62. The number of hydrogen-bond donors (Lipinski definition) is 1. The van der Waals surface area contributed by atoms with E-state index in [9.17, 15) is 9.59 Å². The van der Waals surface area contributed by atoms with Crippen LogP contribution in [0.25, 0.3) is 0 Å². The van der Waals surface area contributed by atoms with Crippen molar-refractivity contribution in [2.24, 2.45) is 5.92 Å². The maximum atomic E-state index is 12.0. The summed E-state index contributed by atoms with van der Waals surface area (Å²) in [6.45, 7) is 2.97. The van der Waals surface area contributed by atoms with Crippen LogP contribution in [-0.4, -0.2) is 18.3 Å². The molecule has 4 nitrogen and oxygen atoms in total. The standard InChI is InChI=1S/C17H21NO3/c1-2-21-15-9-8-14(16(19)11-15)10-17(20)18-12-13-6-4-3-5-7-13/h3-7,11,14H,2,8-10,12H2,1H3,(H,18,20). The third-order valence-corrected chi connectivity index (χ3v) is 3.54. The van der Waals surface area contributed by atoms with Crippen LogP contribution in [0.2, 0.25) is 0 Å². The Morgan fingerprint density at radius 3 is 2.76 bits per heavy atom. The van der Waals surface area contributed by atoms with Crippen LogP contribution in [0.5, 0.6) is 0 Å². The summed E-state index contributed by atoms with van der Waals surface area (Å²) in [5.41, 5.74) is 1.05. The first kappa shape index (κ1) is 15.3. The maximum Gasteiger partial charge on any atom is 0.221 e. The average molecular weight is 287 g/mol. The van der Waals surface area contributed by atoms with E-state index in [2.05, 4.69) is 5.32 Å². The van der Waals surface area contributed by atoms with Gasteiger partial charge in [0.15, 0.2) is 5.78 Å². The number of carbonyl (C=O) groups excluding carboxylic acids is 2. The fourth-order valence-corrected chi connectivity index (χ4v) is 2.40. The molecule has 1 aromatic carbocycles. The number of amides is 1. The molecule has 1 unspecified atom stereocenters. The predicted molar refractivity (Wildman–Crippen MR) is 80.3 cm³/mol. The fourth-order valence-electron chi connectivity index (χ4n) is 2.40. The summed E-state index contributed by atoms with van der Waals surface area (Å²) in [5, 5.41) is 2.86. The minimum atomic E-state index is -0.218. The lowest BCUT2D eigenvalue weighted by Crippen LogP contribution is -2.29. The summed E-state index contributed by atoms with van der Waals surface area (Å²) < 4.78 is 5.35. The Labute approximate surface area is 125 Å². The zero-order chi connectivity index (χ0) is 15.1. The Kier molecular flexibility index (Phi) is 5.55. The van der Waals surface area contributed by atoms with Crippen LogP contribution in [0.15, 0.2) is 42.2 Å². The molecular weight excluding hydrogens is 266 g/mol. The molecule has 1 aliphatic carbocycles. The van der Waals surface area contributed by atoms with Gasteiger partial charge in [0.05, 0.1) is 12.4 Å². The monoisotopic (exact) mass is 287 g/mol. The third-order valence-electron chi connectivity index (χ3n) is 3.54. The first-order valence-electron chi connectivity index (χ1n) is 7.37. The lowest BCUT2D eigenvalue weighted by atomic mass is 9.89. The van der Waals surface area contributed by atoms with Crippen molar-refractivity contribution in [3.8, 4) is 0 Å². The van der Waals surface area contributed by atoms with Gasteiger partial charge in [0.25, 0.3) is 0 Å². The number of rotatable bonds is 6. The summed E-state index contributed by atoms with van der Waals surface area (Å²) in [5.74, 6) is 0.443. The highest BCUT2D eigenvalue weighted by atomic mass is 16.5. The molecular formula is C17H21NO3. The molecule has 1 aromatic rings. The Hall–Kier alpha value is -2.10.